The summed E-state index contributed by atoms with van der Waals surface area (Å²) in [6, 6.07) is 12.0. The summed E-state index contributed by atoms with van der Waals surface area (Å²) in [6.07, 6.45) is 3.15. The third kappa shape index (κ3) is 2.70. The van der Waals surface area contributed by atoms with Crippen LogP contribution in [0, 0.1) is 6.92 Å². The number of fused-ring (bicyclic) bond motifs is 1. The van der Waals surface area contributed by atoms with Gasteiger partial charge in [-0.3, -0.25) is 0 Å². The minimum absolute atomic E-state index is 0.607. The van der Waals surface area contributed by atoms with E-state index in [4.69, 9.17) is 0 Å². The largest absolute Gasteiger partial charge is 0.385 e. The lowest BCUT2D eigenvalue weighted by Crippen LogP contribution is -2.00. The number of aliphatic hydroxyl groups is 1. The molecule has 0 aliphatic rings. The van der Waals surface area contributed by atoms with Gasteiger partial charge in [-0.15, -0.1) is 0 Å². The van der Waals surface area contributed by atoms with Crippen LogP contribution < -0.4 is 0 Å². The van der Waals surface area contributed by atoms with Crippen LogP contribution in [0.15, 0.2) is 48.8 Å². The Bertz CT molecular complexity index is 1060. The molecular weight excluding hydrogens is 314 g/mol. The topological polar surface area (TPSA) is 68.8 Å². The van der Waals surface area contributed by atoms with Crippen LogP contribution >= 0.6 is 0 Å². The van der Waals surface area contributed by atoms with Gasteiger partial charge in [0.2, 0.25) is 0 Å². The highest BCUT2D eigenvalue weighted by atomic mass is 16.3. The number of rotatable bonds is 3. The SMILES string of the molecule is Cc1cccc(-n2ncc3ccc(-c4cn(C)c(C(C)O)n4)cc32)n1. The maximum Gasteiger partial charge on any atom is 0.154 e. The number of aromatic nitrogens is 5. The summed E-state index contributed by atoms with van der Waals surface area (Å²) < 4.78 is 3.69. The van der Waals surface area contributed by atoms with Gasteiger partial charge in [0.15, 0.2) is 5.82 Å². The van der Waals surface area contributed by atoms with Gasteiger partial charge in [0.25, 0.3) is 0 Å². The van der Waals surface area contributed by atoms with Gasteiger partial charge >= 0.3 is 0 Å². The maximum atomic E-state index is 9.82. The van der Waals surface area contributed by atoms with E-state index in [1.165, 1.54) is 0 Å². The lowest BCUT2D eigenvalue weighted by Gasteiger charge is -2.04. The predicted molar refractivity (Wildman–Crippen MR) is 96.4 cm³/mol. The van der Waals surface area contributed by atoms with Crippen molar-refractivity contribution in [2.75, 3.05) is 0 Å². The second kappa shape index (κ2) is 5.82. The smallest absolute Gasteiger partial charge is 0.154 e. The van der Waals surface area contributed by atoms with E-state index >= 15 is 0 Å². The molecule has 4 aromatic rings. The summed E-state index contributed by atoms with van der Waals surface area (Å²) in [5.41, 5.74) is 3.72. The van der Waals surface area contributed by atoms with Crippen molar-refractivity contribution in [2.45, 2.75) is 20.0 Å². The van der Waals surface area contributed by atoms with Crippen LogP contribution in [0.3, 0.4) is 0 Å². The van der Waals surface area contributed by atoms with E-state index in [1.54, 1.807) is 6.92 Å². The molecule has 25 heavy (non-hydrogen) atoms. The molecule has 3 heterocycles. The van der Waals surface area contributed by atoms with Crippen molar-refractivity contribution in [3.05, 3.63) is 60.3 Å². The Hall–Kier alpha value is -2.99. The molecule has 0 spiro atoms. The first-order chi connectivity index (χ1) is 12.0. The van der Waals surface area contributed by atoms with Crippen LogP contribution in [0.1, 0.15) is 24.5 Å². The van der Waals surface area contributed by atoms with Gasteiger partial charge in [0.1, 0.15) is 11.9 Å². The van der Waals surface area contributed by atoms with E-state index < -0.39 is 6.10 Å². The zero-order valence-electron chi connectivity index (χ0n) is 14.4. The van der Waals surface area contributed by atoms with Crippen molar-refractivity contribution in [1.29, 1.82) is 0 Å². The molecule has 0 saturated heterocycles. The number of nitrogens with zero attached hydrogens (tertiary/aromatic N) is 5. The summed E-state index contributed by atoms with van der Waals surface area (Å²) >= 11 is 0. The van der Waals surface area contributed by atoms with Gasteiger partial charge < -0.3 is 9.67 Å². The normalized spacial score (nSPS) is 12.6. The zero-order valence-corrected chi connectivity index (χ0v) is 14.4. The van der Waals surface area contributed by atoms with Gasteiger partial charge in [0.05, 0.1) is 17.4 Å². The number of hydrogen-bond acceptors (Lipinski definition) is 4. The monoisotopic (exact) mass is 333 g/mol. The third-order valence-corrected chi connectivity index (χ3v) is 4.24. The Morgan fingerprint density at radius 1 is 1.12 bits per heavy atom. The number of benzene rings is 1. The Balaban J connectivity index is 1.85. The van der Waals surface area contributed by atoms with Gasteiger partial charge in [-0.25, -0.2) is 14.6 Å². The summed E-state index contributed by atoms with van der Waals surface area (Å²) in [5.74, 6) is 1.43. The van der Waals surface area contributed by atoms with Crippen LogP contribution in [0.4, 0.5) is 0 Å². The number of imidazole rings is 1. The molecule has 6 nitrogen and oxygen atoms in total. The second-order valence-corrected chi connectivity index (χ2v) is 6.24. The van der Waals surface area contributed by atoms with Crippen LogP contribution in [0.5, 0.6) is 0 Å². The molecule has 3 aromatic heterocycles. The molecular formula is C19H19N5O. The Kier molecular flexibility index (Phi) is 3.62. The number of aliphatic hydroxyl groups excluding tert-OH is 1. The molecule has 0 fully saturated rings. The summed E-state index contributed by atoms with van der Waals surface area (Å²) in [6.45, 7) is 3.68. The average molecular weight is 333 g/mol. The summed E-state index contributed by atoms with van der Waals surface area (Å²) in [7, 11) is 1.89. The quantitative estimate of drug-likeness (QED) is 0.625. The molecule has 1 aromatic carbocycles. The Morgan fingerprint density at radius 2 is 1.96 bits per heavy atom. The van der Waals surface area contributed by atoms with Gasteiger partial charge in [-0.2, -0.15) is 5.10 Å². The molecule has 0 aliphatic heterocycles. The first kappa shape index (κ1) is 15.5. The van der Waals surface area contributed by atoms with Crippen LogP contribution in [-0.2, 0) is 7.05 Å². The van der Waals surface area contributed by atoms with Crippen LogP contribution in [0.2, 0.25) is 0 Å². The molecule has 0 saturated carbocycles. The minimum Gasteiger partial charge on any atom is -0.385 e. The van der Waals surface area contributed by atoms with Crippen LogP contribution in [0.25, 0.3) is 28.0 Å². The Labute approximate surface area is 145 Å². The maximum absolute atomic E-state index is 9.82. The van der Waals surface area contributed by atoms with Crippen molar-refractivity contribution < 1.29 is 5.11 Å². The van der Waals surface area contributed by atoms with E-state index in [2.05, 4.69) is 21.1 Å². The van der Waals surface area contributed by atoms with Crippen molar-refractivity contribution in [1.82, 2.24) is 24.3 Å². The summed E-state index contributed by atoms with van der Waals surface area (Å²) in [4.78, 5) is 9.11. The lowest BCUT2D eigenvalue weighted by atomic mass is 10.1. The molecule has 126 valence electrons. The summed E-state index contributed by atoms with van der Waals surface area (Å²) in [5, 5.41) is 15.3. The third-order valence-electron chi connectivity index (χ3n) is 4.24. The van der Waals surface area contributed by atoms with Gasteiger partial charge in [-0.05, 0) is 32.0 Å². The fourth-order valence-corrected chi connectivity index (χ4v) is 3.01. The first-order valence-corrected chi connectivity index (χ1v) is 8.16. The highest BCUT2D eigenvalue weighted by Crippen LogP contribution is 2.26. The molecule has 0 amide bonds. The highest BCUT2D eigenvalue weighted by molar-refractivity contribution is 5.84. The molecule has 4 rings (SSSR count). The van der Waals surface area contributed by atoms with Gasteiger partial charge in [0, 0.05) is 29.9 Å². The van der Waals surface area contributed by atoms with E-state index in [-0.39, 0.29) is 0 Å². The van der Waals surface area contributed by atoms with Crippen molar-refractivity contribution in [3.8, 4) is 17.1 Å². The van der Waals surface area contributed by atoms with E-state index in [0.717, 1.165) is 33.7 Å². The highest BCUT2D eigenvalue weighted by Gasteiger charge is 2.13. The van der Waals surface area contributed by atoms with Gasteiger partial charge in [-0.1, -0.05) is 18.2 Å². The standard InChI is InChI=1S/C19H19N5O/c1-12-5-4-6-18(21-12)24-17-9-14(7-8-15(17)10-20-24)16-11-23(3)19(22-16)13(2)25/h4-11,13,25H,1-3H3. The van der Waals surface area contributed by atoms with Crippen molar-refractivity contribution in [2.24, 2.45) is 7.05 Å². The fourth-order valence-electron chi connectivity index (χ4n) is 3.01. The second-order valence-electron chi connectivity index (χ2n) is 6.24. The number of pyridine rings is 1. The fraction of sp³-hybridized carbons (Fsp3) is 0.211. The zero-order chi connectivity index (χ0) is 17.6. The molecule has 1 N–H and O–H groups in total. The molecule has 1 unspecified atom stereocenters. The van der Waals surface area contributed by atoms with E-state index in [9.17, 15) is 5.11 Å². The van der Waals surface area contributed by atoms with Crippen molar-refractivity contribution >= 4 is 10.9 Å². The molecule has 1 atom stereocenters. The van der Waals surface area contributed by atoms with Crippen molar-refractivity contribution in [3.63, 3.8) is 0 Å². The predicted octanol–water partition coefficient (Wildman–Crippen LogP) is 3.18. The lowest BCUT2D eigenvalue weighted by molar-refractivity contribution is 0.185. The van der Waals surface area contributed by atoms with Crippen LogP contribution in [-0.4, -0.2) is 29.4 Å². The minimum atomic E-state index is -0.607. The molecule has 0 radical (unpaired) electrons. The first-order valence-electron chi connectivity index (χ1n) is 8.16. The number of hydrogen-bond donors (Lipinski definition) is 1. The average Bonchev–Trinajstić information content (AvgIpc) is 3.17. The number of aryl methyl sites for hydroxylation is 2. The van der Waals surface area contributed by atoms with E-state index in [0.29, 0.717) is 5.82 Å². The molecule has 0 bridgehead atoms. The molecule has 0 aliphatic carbocycles. The molecule has 6 heteroatoms. The Morgan fingerprint density at radius 3 is 2.68 bits per heavy atom. The van der Waals surface area contributed by atoms with E-state index in [1.807, 2.05) is 65.9 Å².